The molecule has 2 heterocycles. The Bertz CT molecular complexity index is 1260. The van der Waals surface area contributed by atoms with E-state index in [2.05, 4.69) is 15.7 Å². The largest absolute Gasteiger partial charge is 0.459 e. The van der Waals surface area contributed by atoms with Crippen molar-refractivity contribution in [2.75, 3.05) is 5.32 Å². The molecule has 2 N–H and O–H groups in total. The lowest BCUT2D eigenvalue weighted by Gasteiger charge is -2.08. The van der Waals surface area contributed by atoms with Gasteiger partial charge in [-0.3, -0.25) is 9.59 Å². The van der Waals surface area contributed by atoms with Crippen molar-refractivity contribution in [1.82, 2.24) is 15.1 Å². The molecule has 7 nitrogen and oxygen atoms in total. The van der Waals surface area contributed by atoms with Crippen molar-refractivity contribution >= 4 is 29.1 Å². The molecule has 0 saturated heterocycles. The number of nitrogens with one attached hydrogen (secondary N) is 2. The number of amides is 2. The Balaban J connectivity index is 1.37. The van der Waals surface area contributed by atoms with Crippen LogP contribution in [-0.4, -0.2) is 21.6 Å². The van der Waals surface area contributed by atoms with E-state index in [4.69, 9.17) is 16.0 Å². The third-order valence-corrected chi connectivity index (χ3v) is 5.54. The zero-order chi connectivity index (χ0) is 23.4. The van der Waals surface area contributed by atoms with Crippen molar-refractivity contribution in [3.63, 3.8) is 0 Å². The number of hydrogen-bond acceptors (Lipinski definition) is 4. The first-order chi connectivity index (χ1) is 15.9. The van der Waals surface area contributed by atoms with E-state index in [0.717, 1.165) is 11.1 Å². The Morgan fingerprint density at radius 3 is 2.33 bits per heavy atom. The van der Waals surface area contributed by atoms with Gasteiger partial charge in [-0.05, 0) is 49.2 Å². The molecule has 0 saturated carbocycles. The van der Waals surface area contributed by atoms with Crippen LogP contribution in [-0.2, 0) is 13.1 Å². The summed E-state index contributed by atoms with van der Waals surface area (Å²) in [5.41, 5.74) is 4.67. The molecule has 0 aliphatic rings. The van der Waals surface area contributed by atoms with Crippen LogP contribution in [0.4, 0.5) is 5.69 Å². The summed E-state index contributed by atoms with van der Waals surface area (Å²) in [4.78, 5) is 24.8. The maximum absolute atomic E-state index is 12.8. The Kier molecular flexibility index (Phi) is 6.60. The summed E-state index contributed by atoms with van der Waals surface area (Å²) in [5.74, 6) is -0.377. The second kappa shape index (κ2) is 9.75. The molecule has 0 bridgehead atoms. The van der Waals surface area contributed by atoms with Crippen molar-refractivity contribution in [2.24, 2.45) is 0 Å². The van der Waals surface area contributed by atoms with Gasteiger partial charge < -0.3 is 15.1 Å². The molecule has 0 fully saturated rings. The fraction of sp³-hybridized carbons (Fsp3) is 0.160. The normalized spacial score (nSPS) is 10.8. The number of hydrogen-bond donors (Lipinski definition) is 2. The molecular weight excluding hydrogens is 440 g/mol. The lowest BCUT2D eigenvalue weighted by molar-refractivity contribution is 0.0949. The summed E-state index contributed by atoms with van der Waals surface area (Å²) in [6.07, 6.45) is 1.45. The van der Waals surface area contributed by atoms with Gasteiger partial charge in [-0.25, -0.2) is 4.68 Å². The summed E-state index contributed by atoms with van der Waals surface area (Å²) in [5, 5.41) is 10.4. The first kappa shape index (κ1) is 22.4. The maximum atomic E-state index is 12.8. The highest BCUT2D eigenvalue weighted by molar-refractivity contribution is 6.33. The first-order valence-electron chi connectivity index (χ1n) is 10.4. The molecule has 0 radical (unpaired) electrons. The molecule has 0 unspecified atom stereocenters. The number of carbonyl (C=O) groups excluding carboxylic acids is 2. The predicted octanol–water partition coefficient (Wildman–Crippen LogP) is 4.98. The quantitative estimate of drug-likeness (QED) is 0.405. The highest BCUT2D eigenvalue weighted by atomic mass is 35.5. The molecule has 0 spiro atoms. The third-order valence-electron chi connectivity index (χ3n) is 5.16. The fourth-order valence-corrected chi connectivity index (χ4v) is 3.68. The summed E-state index contributed by atoms with van der Waals surface area (Å²) in [6.45, 7) is 4.59. The summed E-state index contributed by atoms with van der Waals surface area (Å²) < 4.78 is 6.71. The first-order valence-corrected chi connectivity index (χ1v) is 10.8. The number of nitrogens with zero attached hydrogens (tertiary/aromatic N) is 2. The summed E-state index contributed by atoms with van der Waals surface area (Å²) in [7, 11) is 0. The summed E-state index contributed by atoms with van der Waals surface area (Å²) >= 11 is 6.49. The van der Waals surface area contributed by atoms with Gasteiger partial charge in [0.2, 0.25) is 0 Å². The van der Waals surface area contributed by atoms with E-state index in [1.54, 1.807) is 35.9 Å². The molecule has 4 aromatic rings. The summed E-state index contributed by atoms with van der Waals surface area (Å²) in [6, 6.07) is 18.5. The minimum Gasteiger partial charge on any atom is -0.459 e. The number of benzene rings is 2. The van der Waals surface area contributed by atoms with Crippen molar-refractivity contribution in [3.05, 3.63) is 106 Å². The SMILES string of the molecule is Cc1ccc(Cn2nc(C)c(C(=O)NCc3ccc(NC(=O)c4ccco4)cc3)c2Cl)cc1. The van der Waals surface area contributed by atoms with Crippen LogP contribution >= 0.6 is 11.6 Å². The van der Waals surface area contributed by atoms with E-state index in [1.807, 2.05) is 43.3 Å². The smallest absolute Gasteiger partial charge is 0.291 e. The molecule has 168 valence electrons. The predicted molar refractivity (Wildman–Crippen MR) is 127 cm³/mol. The molecule has 4 rings (SSSR count). The molecule has 0 aliphatic carbocycles. The molecular formula is C25H23ClN4O3. The van der Waals surface area contributed by atoms with E-state index in [1.165, 1.54) is 11.8 Å². The number of aryl methyl sites for hydroxylation is 2. The molecule has 0 atom stereocenters. The van der Waals surface area contributed by atoms with Crippen LogP contribution in [0.2, 0.25) is 5.15 Å². The molecule has 2 aromatic carbocycles. The van der Waals surface area contributed by atoms with Crippen LogP contribution < -0.4 is 10.6 Å². The van der Waals surface area contributed by atoms with Crippen LogP contribution in [0, 0.1) is 13.8 Å². The monoisotopic (exact) mass is 462 g/mol. The van der Waals surface area contributed by atoms with Crippen LogP contribution in [0.1, 0.15) is 43.3 Å². The molecule has 8 heteroatoms. The lowest BCUT2D eigenvalue weighted by Crippen LogP contribution is -2.23. The highest BCUT2D eigenvalue weighted by Crippen LogP contribution is 2.21. The number of rotatable bonds is 7. The standard InChI is InChI=1S/C25H23ClN4O3/c1-16-5-7-19(8-6-16)15-30-23(26)22(17(2)29-30)25(32)27-14-18-9-11-20(12-10-18)28-24(31)21-4-3-13-33-21/h3-13H,14-15H2,1-2H3,(H,27,32)(H,28,31). The molecule has 0 aliphatic heterocycles. The zero-order valence-electron chi connectivity index (χ0n) is 18.3. The van der Waals surface area contributed by atoms with E-state index in [9.17, 15) is 9.59 Å². The Labute approximate surface area is 196 Å². The van der Waals surface area contributed by atoms with Gasteiger partial charge in [0.15, 0.2) is 5.76 Å². The van der Waals surface area contributed by atoms with Gasteiger partial charge in [0, 0.05) is 12.2 Å². The number of aromatic nitrogens is 2. The zero-order valence-corrected chi connectivity index (χ0v) is 19.0. The molecule has 33 heavy (non-hydrogen) atoms. The van der Waals surface area contributed by atoms with Crippen LogP contribution in [0.25, 0.3) is 0 Å². The van der Waals surface area contributed by atoms with Crippen molar-refractivity contribution in [3.8, 4) is 0 Å². The van der Waals surface area contributed by atoms with Crippen molar-refractivity contribution < 1.29 is 14.0 Å². The average molecular weight is 463 g/mol. The Hall–Kier alpha value is -3.84. The molecule has 2 aromatic heterocycles. The average Bonchev–Trinajstić information content (AvgIpc) is 3.43. The van der Waals surface area contributed by atoms with Gasteiger partial charge in [0.05, 0.1) is 24.1 Å². The minimum atomic E-state index is -0.325. The van der Waals surface area contributed by atoms with Crippen LogP contribution in [0.3, 0.4) is 0 Å². The van der Waals surface area contributed by atoms with Gasteiger partial charge in [-0.2, -0.15) is 5.10 Å². The van der Waals surface area contributed by atoms with E-state index < -0.39 is 0 Å². The van der Waals surface area contributed by atoms with Gasteiger partial charge in [-0.1, -0.05) is 53.6 Å². The third kappa shape index (κ3) is 5.32. The maximum Gasteiger partial charge on any atom is 0.291 e. The van der Waals surface area contributed by atoms with E-state index in [0.29, 0.717) is 35.2 Å². The Morgan fingerprint density at radius 2 is 1.67 bits per heavy atom. The van der Waals surface area contributed by atoms with Gasteiger partial charge in [0.1, 0.15) is 5.15 Å². The number of furan rings is 1. The Morgan fingerprint density at radius 1 is 0.970 bits per heavy atom. The number of anilines is 1. The van der Waals surface area contributed by atoms with Crippen molar-refractivity contribution in [1.29, 1.82) is 0 Å². The second-order valence-electron chi connectivity index (χ2n) is 7.71. The number of carbonyl (C=O) groups is 2. The van der Waals surface area contributed by atoms with E-state index in [-0.39, 0.29) is 17.6 Å². The second-order valence-corrected chi connectivity index (χ2v) is 8.06. The number of halogens is 1. The van der Waals surface area contributed by atoms with Crippen molar-refractivity contribution in [2.45, 2.75) is 26.9 Å². The highest BCUT2D eigenvalue weighted by Gasteiger charge is 2.20. The van der Waals surface area contributed by atoms with Crippen LogP contribution in [0.5, 0.6) is 0 Å². The van der Waals surface area contributed by atoms with Gasteiger partial charge in [0.25, 0.3) is 11.8 Å². The van der Waals surface area contributed by atoms with Gasteiger partial charge >= 0.3 is 0 Å². The minimum absolute atomic E-state index is 0.238. The molecule has 2 amide bonds. The topological polar surface area (TPSA) is 89.2 Å². The lowest BCUT2D eigenvalue weighted by atomic mass is 10.1. The fourth-order valence-electron chi connectivity index (χ4n) is 3.36. The van der Waals surface area contributed by atoms with Crippen LogP contribution in [0.15, 0.2) is 71.3 Å². The van der Waals surface area contributed by atoms with E-state index >= 15 is 0 Å². The van der Waals surface area contributed by atoms with Gasteiger partial charge in [-0.15, -0.1) is 0 Å².